The molecule has 0 saturated carbocycles. The molecule has 0 aliphatic heterocycles. The first-order valence-electron chi connectivity index (χ1n) is 6.12. The number of hydrogen-bond donors (Lipinski definition) is 2. The van der Waals surface area contributed by atoms with Crippen LogP contribution in [-0.4, -0.2) is 30.0 Å². The number of thiophene rings is 1. The van der Waals surface area contributed by atoms with E-state index in [1.54, 1.807) is 0 Å². The van der Waals surface area contributed by atoms with Gasteiger partial charge in [0, 0.05) is 23.9 Å². The Morgan fingerprint density at radius 1 is 1.53 bits per heavy atom. The third-order valence-corrected chi connectivity index (χ3v) is 3.56. The summed E-state index contributed by atoms with van der Waals surface area (Å²) in [5.74, 6) is -0.0396. The van der Waals surface area contributed by atoms with Gasteiger partial charge < -0.3 is 15.2 Å². The number of rotatable bonds is 5. The zero-order valence-corrected chi connectivity index (χ0v) is 13.0. The average Bonchev–Trinajstić information content (AvgIpc) is 2.67. The van der Waals surface area contributed by atoms with E-state index < -0.39 is 11.7 Å². The number of carbonyl (C=O) groups is 1. The van der Waals surface area contributed by atoms with Crippen LogP contribution in [-0.2, 0) is 11.2 Å². The van der Waals surface area contributed by atoms with Crippen molar-refractivity contribution >= 4 is 29.0 Å². The summed E-state index contributed by atoms with van der Waals surface area (Å²) in [6.07, 6.45) is 0.221. The second-order valence-corrected chi connectivity index (χ2v) is 7.14. The quantitative estimate of drug-likeness (QED) is 0.879. The van der Waals surface area contributed by atoms with Crippen LogP contribution in [0.4, 0.5) is 4.79 Å². The normalized spacial score (nSPS) is 13.1. The first-order chi connectivity index (χ1) is 8.80. The van der Waals surface area contributed by atoms with Crippen LogP contribution < -0.4 is 5.32 Å². The first kappa shape index (κ1) is 16.3. The maximum absolute atomic E-state index is 11.5. The highest BCUT2D eigenvalue weighted by molar-refractivity contribution is 7.16. The Bertz CT molecular complexity index is 414. The minimum absolute atomic E-state index is 0.00527. The number of carbonyl (C=O) groups excluding carboxylic acids is 1. The molecule has 1 atom stereocenters. The van der Waals surface area contributed by atoms with Gasteiger partial charge in [0.2, 0.25) is 0 Å². The van der Waals surface area contributed by atoms with Crippen molar-refractivity contribution in [3.63, 3.8) is 0 Å². The summed E-state index contributed by atoms with van der Waals surface area (Å²) in [5.41, 5.74) is -0.514. The molecule has 0 fully saturated rings. The van der Waals surface area contributed by atoms with Crippen LogP contribution >= 0.6 is 22.9 Å². The van der Waals surface area contributed by atoms with Crippen LogP contribution in [0.15, 0.2) is 12.1 Å². The van der Waals surface area contributed by atoms with Gasteiger partial charge in [-0.05, 0) is 39.3 Å². The highest BCUT2D eigenvalue weighted by Crippen LogP contribution is 2.23. The van der Waals surface area contributed by atoms with Crippen molar-refractivity contribution in [1.82, 2.24) is 5.32 Å². The van der Waals surface area contributed by atoms with Crippen molar-refractivity contribution < 1.29 is 14.6 Å². The van der Waals surface area contributed by atoms with Gasteiger partial charge in [-0.15, -0.1) is 11.3 Å². The zero-order chi connectivity index (χ0) is 14.5. The van der Waals surface area contributed by atoms with Crippen LogP contribution in [0.2, 0.25) is 4.34 Å². The summed E-state index contributed by atoms with van der Waals surface area (Å²) in [7, 11) is 0. The Labute approximate surface area is 122 Å². The molecule has 108 valence electrons. The van der Waals surface area contributed by atoms with E-state index in [1.807, 2.05) is 32.9 Å². The lowest BCUT2D eigenvalue weighted by Crippen LogP contribution is -2.36. The third kappa shape index (κ3) is 6.80. The number of ether oxygens (including phenoxy) is 1. The maximum Gasteiger partial charge on any atom is 0.407 e. The third-order valence-electron chi connectivity index (χ3n) is 2.31. The first-order valence-corrected chi connectivity index (χ1v) is 7.31. The molecule has 19 heavy (non-hydrogen) atoms. The molecule has 1 rings (SSSR count). The van der Waals surface area contributed by atoms with Crippen molar-refractivity contribution in [1.29, 1.82) is 0 Å². The Hall–Kier alpha value is -0.780. The largest absolute Gasteiger partial charge is 0.444 e. The second-order valence-electron chi connectivity index (χ2n) is 5.34. The molecule has 1 aromatic heterocycles. The summed E-state index contributed by atoms with van der Waals surface area (Å²) >= 11 is 7.34. The van der Waals surface area contributed by atoms with Crippen LogP contribution in [0, 0.1) is 5.92 Å². The van der Waals surface area contributed by atoms with Gasteiger partial charge in [-0.2, -0.15) is 0 Å². The topological polar surface area (TPSA) is 58.6 Å². The molecule has 4 nitrogen and oxygen atoms in total. The SMILES string of the molecule is CC(C)(C)OC(=O)NCC(CO)Cc1ccc(Cl)s1. The zero-order valence-electron chi connectivity index (χ0n) is 11.4. The number of halogens is 1. The number of amides is 1. The van der Waals surface area contributed by atoms with Crippen LogP contribution in [0.5, 0.6) is 0 Å². The summed E-state index contributed by atoms with van der Waals surface area (Å²) in [6.45, 7) is 5.81. The number of aliphatic hydroxyl groups is 1. The van der Waals surface area contributed by atoms with Gasteiger partial charge in [0.1, 0.15) is 5.60 Å². The minimum atomic E-state index is -0.514. The fourth-order valence-corrected chi connectivity index (χ4v) is 2.69. The number of aliphatic hydroxyl groups excluding tert-OH is 1. The smallest absolute Gasteiger partial charge is 0.407 e. The molecule has 1 unspecified atom stereocenters. The maximum atomic E-state index is 11.5. The van der Waals surface area contributed by atoms with Gasteiger partial charge in [0.15, 0.2) is 0 Å². The molecule has 0 aliphatic carbocycles. The molecule has 0 aromatic carbocycles. The van der Waals surface area contributed by atoms with Crippen molar-refractivity contribution in [2.45, 2.75) is 32.8 Å². The summed E-state index contributed by atoms with van der Waals surface area (Å²) in [4.78, 5) is 12.6. The van der Waals surface area contributed by atoms with Crippen molar-refractivity contribution in [3.8, 4) is 0 Å². The number of nitrogens with one attached hydrogen (secondary N) is 1. The number of hydrogen-bond acceptors (Lipinski definition) is 4. The van der Waals surface area contributed by atoms with E-state index in [0.717, 1.165) is 9.21 Å². The lowest BCUT2D eigenvalue weighted by Gasteiger charge is -2.21. The summed E-state index contributed by atoms with van der Waals surface area (Å²) < 4.78 is 5.87. The predicted molar refractivity (Wildman–Crippen MR) is 77.8 cm³/mol. The molecule has 2 N–H and O–H groups in total. The molecule has 0 saturated heterocycles. The highest BCUT2D eigenvalue weighted by atomic mass is 35.5. The van der Waals surface area contributed by atoms with Gasteiger partial charge in [-0.3, -0.25) is 0 Å². The fraction of sp³-hybridized carbons (Fsp3) is 0.615. The molecular weight excluding hydrogens is 286 g/mol. The van der Waals surface area contributed by atoms with E-state index in [2.05, 4.69) is 5.32 Å². The van der Waals surface area contributed by atoms with Gasteiger partial charge >= 0.3 is 6.09 Å². The average molecular weight is 306 g/mol. The molecule has 1 heterocycles. The Balaban J connectivity index is 2.38. The van der Waals surface area contributed by atoms with E-state index in [-0.39, 0.29) is 12.5 Å². The molecule has 1 aromatic rings. The van der Waals surface area contributed by atoms with E-state index in [0.29, 0.717) is 13.0 Å². The summed E-state index contributed by atoms with van der Waals surface area (Å²) in [5, 5.41) is 12.0. The van der Waals surface area contributed by atoms with Crippen molar-refractivity contribution in [2.24, 2.45) is 5.92 Å². The fourth-order valence-electron chi connectivity index (χ4n) is 1.49. The molecule has 0 aliphatic rings. The van der Waals surface area contributed by atoms with Gasteiger partial charge in [-0.25, -0.2) is 4.79 Å². The Morgan fingerprint density at radius 3 is 2.68 bits per heavy atom. The lowest BCUT2D eigenvalue weighted by atomic mass is 10.1. The lowest BCUT2D eigenvalue weighted by molar-refractivity contribution is 0.0513. The van der Waals surface area contributed by atoms with Crippen LogP contribution in [0.25, 0.3) is 0 Å². The Kier molecular flexibility index (Phi) is 6.10. The molecule has 0 spiro atoms. The highest BCUT2D eigenvalue weighted by Gasteiger charge is 2.17. The second kappa shape index (κ2) is 7.12. The molecule has 6 heteroatoms. The molecule has 1 amide bonds. The van der Waals surface area contributed by atoms with E-state index in [4.69, 9.17) is 16.3 Å². The molecule has 0 bridgehead atoms. The van der Waals surface area contributed by atoms with Gasteiger partial charge in [0.25, 0.3) is 0 Å². The van der Waals surface area contributed by atoms with Crippen LogP contribution in [0.1, 0.15) is 25.6 Å². The van der Waals surface area contributed by atoms with E-state index >= 15 is 0 Å². The van der Waals surface area contributed by atoms with Gasteiger partial charge in [0.05, 0.1) is 4.34 Å². The standard InChI is InChI=1S/C13H20ClNO3S/c1-13(2,3)18-12(17)15-7-9(8-16)6-10-4-5-11(14)19-10/h4-5,9,16H,6-8H2,1-3H3,(H,15,17). The number of alkyl carbamates (subject to hydrolysis) is 1. The molecular formula is C13H20ClNO3S. The van der Waals surface area contributed by atoms with Crippen molar-refractivity contribution in [2.75, 3.05) is 13.2 Å². The predicted octanol–water partition coefficient (Wildman–Crippen LogP) is 3.08. The Morgan fingerprint density at radius 2 is 2.21 bits per heavy atom. The van der Waals surface area contributed by atoms with Crippen molar-refractivity contribution in [3.05, 3.63) is 21.3 Å². The molecule has 0 radical (unpaired) electrons. The monoisotopic (exact) mass is 305 g/mol. The van der Waals surface area contributed by atoms with E-state index in [1.165, 1.54) is 11.3 Å². The summed E-state index contributed by atoms with van der Waals surface area (Å²) in [6, 6.07) is 3.76. The minimum Gasteiger partial charge on any atom is -0.444 e. The van der Waals surface area contributed by atoms with E-state index in [9.17, 15) is 9.90 Å². The van der Waals surface area contributed by atoms with Gasteiger partial charge in [-0.1, -0.05) is 11.6 Å². The van der Waals surface area contributed by atoms with Crippen LogP contribution in [0.3, 0.4) is 0 Å².